The van der Waals surface area contributed by atoms with Crippen molar-refractivity contribution in [3.8, 4) is 16.2 Å². The number of nitrogens with zero attached hydrogens (tertiary/aromatic N) is 8. The fourth-order valence-electron chi connectivity index (χ4n) is 8.77. The van der Waals surface area contributed by atoms with Gasteiger partial charge in [-0.15, -0.1) is 16.4 Å². The minimum Gasteiger partial charge on any atom is -0.494 e. The number of carbonyl (C=O) groups is 4. The molecule has 7 N–H and O–H groups in total. The van der Waals surface area contributed by atoms with Gasteiger partial charge in [0.1, 0.15) is 35.7 Å². The van der Waals surface area contributed by atoms with Gasteiger partial charge in [0.05, 0.1) is 41.0 Å². The first kappa shape index (κ1) is 56.8. The standard InChI is InChI=1S/C56H70N14O6S/c1-37-50(77-36-64-37)40-21-19-38(20-22-40)30-62-54(74)47-29-44(71)34-70(47)55(75)51(56(2,3)4)65-49(72)18-12-16-43-33-69(67-66-43)25-8-6-7-9-26-76-45-17-10-13-39(27-45)31-61-53(73)41-14-11-15-42(28-41)60-32-48(57)68(5)52(58)46-23-24-59-35-63-46/h10-11,13-15,17,19-24,27-28,33,35-36,44,47,51,57-58,60,71H,6-9,12,16,18,25-26,29-32,34H2,1-5H3,(H,61,73)(H,62,74)(H,65,72)/t44-,47+,51?/m1/s1. The average Bonchev–Trinajstić information content (AvgIpc) is 4.22. The van der Waals surface area contributed by atoms with Crippen molar-refractivity contribution in [1.82, 2.24) is 55.7 Å². The minimum absolute atomic E-state index is 0.00331. The lowest BCUT2D eigenvalue weighted by atomic mass is 9.85. The van der Waals surface area contributed by atoms with Crippen LogP contribution in [0.2, 0.25) is 0 Å². The van der Waals surface area contributed by atoms with Crippen LogP contribution in [0.5, 0.6) is 5.75 Å². The van der Waals surface area contributed by atoms with Crippen LogP contribution in [0.15, 0.2) is 103 Å². The Labute approximate surface area is 453 Å². The molecule has 1 aliphatic rings. The molecule has 0 bridgehead atoms. The first-order chi connectivity index (χ1) is 37.0. The number of amidine groups is 2. The summed E-state index contributed by atoms with van der Waals surface area (Å²) < 4.78 is 7.86. The van der Waals surface area contributed by atoms with Gasteiger partial charge in [-0.2, -0.15) is 0 Å². The van der Waals surface area contributed by atoms with Gasteiger partial charge in [-0.3, -0.25) is 34.7 Å². The van der Waals surface area contributed by atoms with Gasteiger partial charge in [0.2, 0.25) is 17.7 Å². The van der Waals surface area contributed by atoms with Gasteiger partial charge in [0.15, 0.2) is 5.84 Å². The lowest BCUT2D eigenvalue weighted by Crippen LogP contribution is -2.57. The molecule has 6 aromatic rings. The molecule has 3 aromatic carbocycles. The number of unbranched alkanes of at least 4 members (excludes halogenated alkanes) is 3. The van der Waals surface area contributed by atoms with E-state index in [1.807, 2.05) is 98.7 Å². The number of aryl methyl sites for hydroxylation is 3. The third-order valence-electron chi connectivity index (χ3n) is 13.2. The number of nitrogens with one attached hydrogen (secondary N) is 6. The summed E-state index contributed by atoms with van der Waals surface area (Å²) in [4.78, 5) is 70.2. The molecule has 1 fully saturated rings. The molecule has 4 heterocycles. The summed E-state index contributed by atoms with van der Waals surface area (Å²) in [6.07, 6.45) is 9.03. The first-order valence-corrected chi connectivity index (χ1v) is 26.8. The van der Waals surface area contributed by atoms with E-state index < -0.39 is 29.5 Å². The van der Waals surface area contributed by atoms with E-state index in [1.165, 1.54) is 16.1 Å². The Balaban J connectivity index is 0.757. The summed E-state index contributed by atoms with van der Waals surface area (Å²) in [5, 5.41) is 48.0. The molecule has 1 saturated heterocycles. The van der Waals surface area contributed by atoms with Crippen molar-refractivity contribution < 1.29 is 29.0 Å². The topological polar surface area (TPSA) is 269 Å². The summed E-state index contributed by atoms with van der Waals surface area (Å²) >= 11 is 1.58. The van der Waals surface area contributed by atoms with Crippen LogP contribution in [0.4, 0.5) is 5.69 Å². The molecule has 0 spiro atoms. The normalized spacial score (nSPS) is 14.6. The largest absolute Gasteiger partial charge is 0.494 e. The van der Waals surface area contributed by atoms with Gasteiger partial charge in [-0.25, -0.2) is 15.0 Å². The maximum Gasteiger partial charge on any atom is 0.251 e. The summed E-state index contributed by atoms with van der Waals surface area (Å²) in [6, 6.07) is 22.4. The number of likely N-dealkylation sites (N-methyl/N-ethyl adjacent to an activating group) is 1. The number of hydrogen-bond acceptors (Lipinski definition) is 15. The molecule has 0 saturated carbocycles. The first-order valence-electron chi connectivity index (χ1n) is 26.0. The van der Waals surface area contributed by atoms with E-state index >= 15 is 0 Å². The highest BCUT2D eigenvalue weighted by atomic mass is 32.1. The van der Waals surface area contributed by atoms with Crippen LogP contribution < -0.4 is 26.0 Å². The minimum atomic E-state index is -0.908. The maximum absolute atomic E-state index is 14.1. The van der Waals surface area contributed by atoms with E-state index in [4.69, 9.17) is 15.6 Å². The highest BCUT2D eigenvalue weighted by molar-refractivity contribution is 7.13. The molecule has 1 unspecified atom stereocenters. The monoisotopic (exact) mass is 1070 g/mol. The zero-order valence-corrected chi connectivity index (χ0v) is 45.2. The molecule has 7 rings (SSSR count). The average molecular weight is 1070 g/mol. The molecule has 0 aliphatic carbocycles. The van der Waals surface area contributed by atoms with E-state index in [1.54, 1.807) is 48.8 Å². The van der Waals surface area contributed by atoms with Gasteiger partial charge in [0.25, 0.3) is 5.91 Å². The van der Waals surface area contributed by atoms with E-state index in [2.05, 4.69) is 46.5 Å². The van der Waals surface area contributed by atoms with Gasteiger partial charge < -0.3 is 40.9 Å². The van der Waals surface area contributed by atoms with Crippen LogP contribution in [0.1, 0.15) is 104 Å². The molecule has 20 nitrogen and oxygen atoms in total. The zero-order chi connectivity index (χ0) is 54.9. The summed E-state index contributed by atoms with van der Waals surface area (Å²) in [5.41, 5.74) is 7.30. The van der Waals surface area contributed by atoms with Crippen molar-refractivity contribution in [2.24, 2.45) is 5.41 Å². The number of likely N-dealkylation sites (tertiary alicyclic amines) is 1. The number of β-amino-alcohol motifs (C(OH)–C–C–N with tert-alkyl or cyclic N) is 1. The molecule has 3 aromatic heterocycles. The molecule has 77 heavy (non-hydrogen) atoms. The van der Waals surface area contributed by atoms with Gasteiger partial charge in [-0.05, 0) is 97.5 Å². The number of rotatable bonds is 25. The Bertz CT molecular complexity index is 2960. The second-order valence-electron chi connectivity index (χ2n) is 20.2. The van der Waals surface area contributed by atoms with Crippen molar-refractivity contribution in [1.29, 1.82) is 10.8 Å². The lowest BCUT2D eigenvalue weighted by molar-refractivity contribution is -0.144. The number of amides is 4. The summed E-state index contributed by atoms with van der Waals surface area (Å²) in [7, 11) is 1.63. The molecule has 3 atom stereocenters. The smallest absolute Gasteiger partial charge is 0.251 e. The number of aromatic nitrogens is 6. The number of benzene rings is 3. The molecular formula is C56H70N14O6S. The van der Waals surface area contributed by atoms with Crippen molar-refractivity contribution in [2.75, 3.05) is 32.1 Å². The Morgan fingerprint density at radius 3 is 2.45 bits per heavy atom. The van der Waals surface area contributed by atoms with Crippen LogP contribution in [0.25, 0.3) is 10.4 Å². The molecule has 406 valence electrons. The van der Waals surface area contributed by atoms with Crippen LogP contribution in [-0.4, -0.2) is 125 Å². The Morgan fingerprint density at radius 1 is 0.922 bits per heavy atom. The third kappa shape index (κ3) is 16.5. The van der Waals surface area contributed by atoms with Gasteiger partial charge in [0, 0.05) is 69.7 Å². The predicted octanol–water partition coefficient (Wildman–Crippen LogP) is 6.55. The van der Waals surface area contributed by atoms with Crippen LogP contribution in [0, 0.1) is 23.2 Å². The Hall–Kier alpha value is -7.91. The SMILES string of the molecule is Cc1ncsc1-c1ccc(CNC(=O)[C@@H]2C[C@@H](O)CN2C(=O)C(NC(=O)CCCc2cn(CCCCCCOc3cccc(CNC(=O)c4cccc(NCC(=N)N(C)C(=N)c5ccncn5)c4)c3)nn2)C(C)(C)C)cc1. The molecule has 1 aliphatic heterocycles. The summed E-state index contributed by atoms with van der Waals surface area (Å²) in [6.45, 7) is 9.57. The highest BCUT2D eigenvalue weighted by Crippen LogP contribution is 2.29. The number of aliphatic hydroxyl groups is 1. The van der Waals surface area contributed by atoms with Crippen LogP contribution >= 0.6 is 11.3 Å². The van der Waals surface area contributed by atoms with Crippen molar-refractivity contribution in [2.45, 2.75) is 117 Å². The number of hydrogen-bond donors (Lipinski definition) is 7. The van der Waals surface area contributed by atoms with Crippen molar-refractivity contribution in [3.63, 3.8) is 0 Å². The fourth-order valence-corrected chi connectivity index (χ4v) is 9.58. The molecule has 0 radical (unpaired) electrons. The highest BCUT2D eigenvalue weighted by Gasteiger charge is 2.44. The quantitative estimate of drug-likeness (QED) is 0.0182. The van der Waals surface area contributed by atoms with Gasteiger partial charge >= 0.3 is 0 Å². The fraction of sp³-hybridized carbons (Fsp3) is 0.411. The number of anilines is 1. The van der Waals surface area contributed by atoms with Crippen molar-refractivity contribution in [3.05, 3.63) is 137 Å². The van der Waals surface area contributed by atoms with Crippen LogP contribution in [-0.2, 0) is 40.4 Å². The number of thiazole rings is 1. The third-order valence-corrected chi connectivity index (χ3v) is 14.2. The van der Waals surface area contributed by atoms with E-state index in [0.717, 1.165) is 64.4 Å². The lowest BCUT2D eigenvalue weighted by Gasteiger charge is -2.35. The summed E-state index contributed by atoms with van der Waals surface area (Å²) in [5.74, 6) is -0.309. The molecule has 4 amide bonds. The van der Waals surface area contributed by atoms with Crippen LogP contribution in [0.3, 0.4) is 0 Å². The second-order valence-corrected chi connectivity index (χ2v) is 21.1. The van der Waals surface area contributed by atoms with E-state index in [-0.39, 0.29) is 61.9 Å². The molecule has 21 heteroatoms. The van der Waals surface area contributed by atoms with E-state index in [0.29, 0.717) is 49.5 Å². The Kier molecular flexibility index (Phi) is 20.1. The van der Waals surface area contributed by atoms with Crippen molar-refractivity contribution >= 4 is 52.3 Å². The second kappa shape index (κ2) is 27.2. The van der Waals surface area contributed by atoms with Gasteiger partial charge in [-0.1, -0.05) is 74.9 Å². The molecular weight excluding hydrogens is 997 g/mol. The van der Waals surface area contributed by atoms with E-state index in [9.17, 15) is 24.3 Å². The number of aliphatic hydroxyl groups excluding tert-OH is 1. The predicted molar refractivity (Wildman–Crippen MR) is 295 cm³/mol. The number of ether oxygens (including phenoxy) is 1. The maximum atomic E-state index is 14.1. The Morgan fingerprint density at radius 2 is 1.70 bits per heavy atom. The zero-order valence-electron chi connectivity index (χ0n) is 44.4. The number of carbonyl (C=O) groups excluding carboxylic acids is 4.